The van der Waals surface area contributed by atoms with Gasteiger partial charge in [-0.05, 0) is 128 Å². The van der Waals surface area contributed by atoms with Gasteiger partial charge >= 0.3 is 0 Å². The van der Waals surface area contributed by atoms with Crippen LogP contribution in [0.5, 0.6) is 11.5 Å². The number of anilines is 2. The highest BCUT2D eigenvalue weighted by atomic mass is 35.5. The van der Waals surface area contributed by atoms with Crippen molar-refractivity contribution in [2.75, 3.05) is 109 Å². The number of piperidine rings is 2. The molecule has 3 fully saturated rings. The Morgan fingerprint density at radius 1 is 0.890 bits per heavy atom. The summed E-state index contributed by atoms with van der Waals surface area (Å²) in [5, 5.41) is 19.5. The minimum atomic E-state index is -4.64. The molecule has 1 aliphatic carbocycles. The molecule has 22 nitrogen and oxygen atoms in total. The second-order valence-corrected chi connectivity index (χ2v) is 26.6. The molecule has 0 radical (unpaired) electrons. The number of nitrogens with one attached hydrogen (secondary N) is 4. The third-order valence-electron chi connectivity index (χ3n) is 17.5. The Hall–Kier alpha value is -8.21. The van der Waals surface area contributed by atoms with Gasteiger partial charge in [-0.25, -0.2) is 18.1 Å². The van der Waals surface area contributed by atoms with E-state index in [0.717, 1.165) is 87.5 Å². The van der Waals surface area contributed by atoms with E-state index in [9.17, 15) is 37.7 Å². The van der Waals surface area contributed by atoms with Crippen LogP contribution in [-0.2, 0) is 40.4 Å². The Morgan fingerprint density at radius 2 is 1.68 bits per heavy atom. The fraction of sp³-hybridized carbons (Fsp3) is 0.418. The molecule has 4 amide bonds. The summed E-state index contributed by atoms with van der Waals surface area (Å²) in [4.78, 5) is 79.0. The average molecular weight is 1280 g/mol. The highest BCUT2D eigenvalue weighted by molar-refractivity contribution is 7.90. The predicted octanol–water partition coefficient (Wildman–Crippen LogP) is 8.81. The van der Waals surface area contributed by atoms with Crippen LogP contribution in [0.3, 0.4) is 0 Å². The van der Waals surface area contributed by atoms with Crippen molar-refractivity contribution < 1.29 is 51.5 Å². The number of aromatic amines is 1. The molecule has 2 aromatic heterocycles. The van der Waals surface area contributed by atoms with Gasteiger partial charge in [-0.15, -0.1) is 0 Å². The molecule has 478 valence electrons. The van der Waals surface area contributed by atoms with Crippen molar-refractivity contribution in [3.63, 3.8) is 0 Å². The van der Waals surface area contributed by atoms with E-state index in [1.165, 1.54) is 46.0 Å². The van der Waals surface area contributed by atoms with E-state index in [2.05, 4.69) is 77.8 Å². The third kappa shape index (κ3) is 16.1. The summed E-state index contributed by atoms with van der Waals surface area (Å²) >= 11 is 6.27. The Balaban J connectivity index is 0.632. The van der Waals surface area contributed by atoms with Crippen LogP contribution in [0.4, 0.5) is 17.1 Å². The lowest BCUT2D eigenvalue weighted by Gasteiger charge is -2.39. The Morgan fingerprint density at radius 3 is 2.47 bits per heavy atom. The van der Waals surface area contributed by atoms with Crippen molar-refractivity contribution in [1.29, 1.82) is 0 Å². The molecule has 2 atom stereocenters. The maximum atomic E-state index is 14.2. The normalized spacial score (nSPS) is 18.8. The van der Waals surface area contributed by atoms with Crippen molar-refractivity contribution in [2.45, 2.75) is 76.3 Å². The van der Waals surface area contributed by atoms with Gasteiger partial charge in [-0.1, -0.05) is 67.1 Å². The van der Waals surface area contributed by atoms with Crippen LogP contribution in [0.1, 0.15) is 96.2 Å². The van der Waals surface area contributed by atoms with Crippen molar-refractivity contribution in [3.8, 4) is 23.3 Å². The number of halogens is 1. The van der Waals surface area contributed by atoms with Crippen LogP contribution >= 0.6 is 11.6 Å². The number of nitro benzene ring substituents is 1. The first-order valence-corrected chi connectivity index (χ1v) is 32.8. The number of piperazine rings is 1. The number of sulfonamides is 1. The van der Waals surface area contributed by atoms with Crippen LogP contribution in [0.2, 0.25) is 5.02 Å². The van der Waals surface area contributed by atoms with Gasteiger partial charge in [0, 0.05) is 105 Å². The van der Waals surface area contributed by atoms with E-state index in [1.807, 2.05) is 30.3 Å². The molecule has 4 N–H and O–H groups in total. The summed E-state index contributed by atoms with van der Waals surface area (Å²) in [6, 6.07) is 25.1. The molecule has 0 saturated carbocycles. The smallest absolute Gasteiger partial charge is 0.293 e. The standard InChI is InChI=1S/C67H75ClN10O12S/c1-67(2)22-20-49(56(39-67)46-10-12-51(68)13-11-46)43-75-25-27-76(28-26-75)52-14-16-55(60(37-52)90-53-36-48-21-23-69-63(48)71-41-53)64(80)73-91(85,86)54-15-17-57(59(38-54)78(83)84)70-40-45-6-4-24-74(42-45)29-31-88-33-35-89-34-32-87-30-5-9-47-7-3-8-50-44-77(66(82)62(47)50)58-18-19-61(79)72-65(58)81/h3,7-8,10-17,21,23,36-38,41,45,58,70H,4,6,18-20,22,24-35,39-40,42-44H2,1-2H3,(H,69,71)(H,73,80)(H,72,79,81). The van der Waals surface area contributed by atoms with Gasteiger partial charge in [-0.2, -0.15) is 0 Å². The highest BCUT2D eigenvalue weighted by Crippen LogP contribution is 2.44. The quantitative estimate of drug-likeness (QED) is 0.0145. The molecule has 6 heterocycles. The van der Waals surface area contributed by atoms with E-state index in [-0.39, 0.29) is 66.1 Å². The average Bonchev–Trinajstić information content (AvgIpc) is 1.73. The maximum Gasteiger partial charge on any atom is 0.293 e. The summed E-state index contributed by atoms with van der Waals surface area (Å²) in [6.45, 7) is 13.5. The minimum absolute atomic E-state index is 0.0614. The van der Waals surface area contributed by atoms with Crippen molar-refractivity contribution in [3.05, 3.63) is 152 Å². The first-order chi connectivity index (χ1) is 43.9. The lowest BCUT2D eigenvalue weighted by Crippen LogP contribution is -2.52. The number of hydrogen-bond donors (Lipinski definition) is 4. The fourth-order valence-corrected chi connectivity index (χ4v) is 13.7. The number of benzene rings is 4. The SMILES string of the molecule is CC1(C)CCC(CN2CCN(c3ccc(C(=O)NS(=O)(=O)c4ccc(NCC5CCCN(CCOCCOCCOCC#Cc6cccc7c6C(=O)N(C6CCC(=O)NC6=O)C7)C5)c([N+](=O)[O-])c4)c(Oc4cnc5[nH]ccc5c4)c3)CC2)=C(c2ccc(Cl)cc2)C1. The Bertz CT molecular complexity index is 3910. The van der Waals surface area contributed by atoms with Gasteiger partial charge in [0.1, 0.15) is 35.5 Å². The van der Waals surface area contributed by atoms with Crippen LogP contribution in [0.15, 0.2) is 114 Å². The zero-order valence-electron chi connectivity index (χ0n) is 51.1. The summed E-state index contributed by atoms with van der Waals surface area (Å²) in [5.41, 5.74) is 7.16. The van der Waals surface area contributed by atoms with Gasteiger partial charge in [0.2, 0.25) is 11.8 Å². The fourth-order valence-electron chi connectivity index (χ4n) is 12.6. The van der Waals surface area contributed by atoms with Gasteiger partial charge in [0.05, 0.1) is 60.2 Å². The molecule has 0 bridgehead atoms. The van der Waals surface area contributed by atoms with E-state index >= 15 is 0 Å². The number of H-pyrrole nitrogens is 1. The summed E-state index contributed by atoms with van der Waals surface area (Å²) in [5.74, 6) is 4.52. The van der Waals surface area contributed by atoms with E-state index < -0.39 is 43.4 Å². The monoisotopic (exact) mass is 1280 g/mol. The molecule has 24 heteroatoms. The number of hydrogen-bond acceptors (Lipinski definition) is 17. The number of ether oxygens (including phenoxy) is 4. The Kier molecular flexibility index (Phi) is 20.5. The number of imide groups is 1. The lowest BCUT2D eigenvalue weighted by molar-refractivity contribution is -0.384. The van der Waals surface area contributed by atoms with E-state index in [0.29, 0.717) is 86.8 Å². The summed E-state index contributed by atoms with van der Waals surface area (Å²) in [7, 11) is -4.64. The number of aromatic nitrogens is 2. The molecule has 4 aliphatic heterocycles. The minimum Gasteiger partial charge on any atom is -0.455 e. The van der Waals surface area contributed by atoms with E-state index in [1.54, 1.807) is 30.5 Å². The van der Waals surface area contributed by atoms with Crippen LogP contribution in [0, 0.1) is 33.3 Å². The van der Waals surface area contributed by atoms with Gasteiger partial charge in [-0.3, -0.25) is 39.5 Å². The molecule has 4 aromatic carbocycles. The van der Waals surface area contributed by atoms with Gasteiger partial charge in [0.15, 0.2) is 0 Å². The molecule has 2 unspecified atom stereocenters. The first kappa shape index (κ1) is 64.3. The topological polar surface area (TPSA) is 260 Å². The van der Waals surface area contributed by atoms with Crippen LogP contribution < -0.4 is 25.0 Å². The molecule has 91 heavy (non-hydrogen) atoms. The number of carbonyl (C=O) groups is 4. The number of allylic oxidation sites excluding steroid dienone is 1. The van der Waals surface area contributed by atoms with Crippen molar-refractivity contribution in [1.82, 2.24) is 34.7 Å². The summed E-state index contributed by atoms with van der Waals surface area (Å²) in [6.07, 6.45) is 8.70. The number of amides is 4. The zero-order chi connectivity index (χ0) is 63.7. The number of pyridine rings is 1. The molecular formula is C67H75ClN10O12S. The summed E-state index contributed by atoms with van der Waals surface area (Å²) < 4.78 is 53.7. The van der Waals surface area contributed by atoms with Crippen molar-refractivity contribution >= 4 is 78.9 Å². The van der Waals surface area contributed by atoms with Gasteiger partial charge < -0.3 is 43.9 Å². The highest BCUT2D eigenvalue weighted by Gasteiger charge is 2.40. The number of likely N-dealkylation sites (tertiary alicyclic amines) is 1. The number of fused-ring (bicyclic) bond motifs is 2. The largest absolute Gasteiger partial charge is 0.455 e. The number of nitrogens with zero attached hydrogens (tertiary/aromatic N) is 6. The Labute approximate surface area is 534 Å². The molecule has 6 aromatic rings. The van der Waals surface area contributed by atoms with Crippen LogP contribution in [-0.4, -0.2) is 166 Å². The lowest BCUT2D eigenvalue weighted by atomic mass is 9.72. The number of carbonyl (C=O) groups excluding carboxylic acids is 4. The second kappa shape index (κ2) is 29.0. The third-order valence-corrected chi connectivity index (χ3v) is 19.1. The molecule has 11 rings (SSSR count). The molecule has 3 saturated heterocycles. The first-order valence-electron chi connectivity index (χ1n) is 30.9. The van der Waals surface area contributed by atoms with E-state index in [4.69, 9.17) is 30.5 Å². The predicted molar refractivity (Wildman–Crippen MR) is 344 cm³/mol. The number of nitro groups is 1. The zero-order valence-corrected chi connectivity index (χ0v) is 52.7. The van der Waals surface area contributed by atoms with Crippen molar-refractivity contribution in [2.24, 2.45) is 11.3 Å². The number of rotatable bonds is 24. The molecule has 0 spiro atoms. The molecular weight excluding hydrogens is 1200 g/mol. The second-order valence-electron chi connectivity index (χ2n) is 24.4. The molecule has 5 aliphatic rings. The van der Waals surface area contributed by atoms with Gasteiger partial charge in [0.25, 0.3) is 27.5 Å². The van der Waals surface area contributed by atoms with Crippen LogP contribution in [0.25, 0.3) is 16.6 Å². The maximum absolute atomic E-state index is 14.2.